The van der Waals surface area contributed by atoms with Gasteiger partial charge in [-0.1, -0.05) is 25.4 Å². The average molecular weight is 252 g/mol. The molecule has 2 aliphatic rings. The van der Waals surface area contributed by atoms with Gasteiger partial charge in [-0.25, -0.2) is 0 Å². The van der Waals surface area contributed by atoms with Gasteiger partial charge in [0.25, 0.3) is 0 Å². The summed E-state index contributed by atoms with van der Waals surface area (Å²) in [4.78, 5) is 0. The first kappa shape index (κ1) is 11.2. The molecule has 92 valence electrons. The third-order valence-corrected chi connectivity index (χ3v) is 4.12. The number of ether oxygens (including phenoxy) is 1. The van der Waals surface area contributed by atoms with Crippen molar-refractivity contribution in [3.63, 3.8) is 0 Å². The summed E-state index contributed by atoms with van der Waals surface area (Å²) in [6, 6.07) is 6.22. The Morgan fingerprint density at radius 2 is 2.24 bits per heavy atom. The van der Waals surface area contributed by atoms with Crippen LogP contribution in [0.3, 0.4) is 0 Å². The van der Waals surface area contributed by atoms with Gasteiger partial charge < -0.3 is 10.1 Å². The van der Waals surface area contributed by atoms with Gasteiger partial charge in [0.2, 0.25) is 0 Å². The Kier molecular flexibility index (Phi) is 2.51. The summed E-state index contributed by atoms with van der Waals surface area (Å²) >= 11 is 6.01. The number of benzene rings is 1. The van der Waals surface area contributed by atoms with Gasteiger partial charge in [-0.3, -0.25) is 0 Å². The molecule has 0 bridgehead atoms. The van der Waals surface area contributed by atoms with Crippen LogP contribution in [0.1, 0.15) is 33.1 Å². The maximum absolute atomic E-state index is 6.06. The summed E-state index contributed by atoms with van der Waals surface area (Å²) < 4.78 is 6.06. The highest BCUT2D eigenvalue weighted by molar-refractivity contribution is 6.30. The fourth-order valence-corrected chi connectivity index (χ4v) is 3.10. The molecule has 1 saturated carbocycles. The Labute approximate surface area is 107 Å². The zero-order valence-corrected chi connectivity index (χ0v) is 11.1. The number of hydrogen-bond donors (Lipinski definition) is 1. The van der Waals surface area contributed by atoms with E-state index in [-0.39, 0.29) is 0 Å². The van der Waals surface area contributed by atoms with E-state index in [1.54, 1.807) is 0 Å². The van der Waals surface area contributed by atoms with Gasteiger partial charge in [0.1, 0.15) is 11.9 Å². The van der Waals surface area contributed by atoms with Gasteiger partial charge in [-0.05, 0) is 42.9 Å². The molecule has 1 heterocycles. The van der Waals surface area contributed by atoms with Crippen molar-refractivity contribution < 1.29 is 4.74 Å². The highest BCUT2D eigenvalue weighted by Crippen LogP contribution is 2.43. The van der Waals surface area contributed by atoms with Crippen LogP contribution in [0.15, 0.2) is 18.2 Å². The number of fused-ring (bicyclic) bond motifs is 2. The van der Waals surface area contributed by atoms with E-state index in [4.69, 9.17) is 16.3 Å². The molecule has 3 heteroatoms. The quantitative estimate of drug-likeness (QED) is 0.750. The fraction of sp³-hybridized carbons (Fsp3) is 0.571. The summed E-state index contributed by atoms with van der Waals surface area (Å²) in [5.74, 6) is 0.940. The van der Waals surface area contributed by atoms with Crippen molar-refractivity contribution >= 4 is 17.3 Å². The Morgan fingerprint density at radius 3 is 3.06 bits per heavy atom. The molecule has 0 aromatic heterocycles. The molecule has 0 amide bonds. The van der Waals surface area contributed by atoms with Crippen LogP contribution in [-0.4, -0.2) is 12.1 Å². The van der Waals surface area contributed by atoms with E-state index in [0.29, 0.717) is 17.6 Å². The van der Waals surface area contributed by atoms with Crippen LogP contribution in [0.2, 0.25) is 5.02 Å². The number of anilines is 1. The first-order valence-electron chi connectivity index (χ1n) is 6.26. The Hall–Kier alpha value is -0.890. The van der Waals surface area contributed by atoms with Gasteiger partial charge in [0.05, 0.1) is 11.7 Å². The molecule has 0 spiro atoms. The maximum Gasteiger partial charge on any atom is 0.143 e. The minimum Gasteiger partial charge on any atom is -0.486 e. The normalized spacial score (nSPS) is 29.6. The van der Waals surface area contributed by atoms with Crippen molar-refractivity contribution in [1.29, 1.82) is 0 Å². The van der Waals surface area contributed by atoms with Crippen LogP contribution in [0.25, 0.3) is 0 Å². The van der Waals surface area contributed by atoms with Gasteiger partial charge in [-0.2, -0.15) is 0 Å². The molecule has 17 heavy (non-hydrogen) atoms. The third kappa shape index (κ3) is 2.11. The number of nitrogens with one attached hydrogen (secondary N) is 1. The van der Waals surface area contributed by atoms with Crippen molar-refractivity contribution in [2.45, 2.75) is 45.3 Å². The van der Waals surface area contributed by atoms with Crippen LogP contribution >= 0.6 is 11.6 Å². The molecule has 2 nitrogen and oxygen atoms in total. The predicted octanol–water partition coefficient (Wildman–Crippen LogP) is 4.09. The van der Waals surface area contributed by atoms with Crippen LogP contribution in [0, 0.1) is 5.41 Å². The zero-order valence-electron chi connectivity index (χ0n) is 10.3. The van der Waals surface area contributed by atoms with Crippen molar-refractivity contribution in [1.82, 2.24) is 0 Å². The van der Waals surface area contributed by atoms with E-state index >= 15 is 0 Å². The lowest BCUT2D eigenvalue weighted by atomic mass is 9.73. The van der Waals surface area contributed by atoms with Crippen molar-refractivity contribution in [2.24, 2.45) is 5.41 Å². The van der Waals surface area contributed by atoms with Gasteiger partial charge in [-0.15, -0.1) is 0 Å². The second-order valence-electron chi connectivity index (χ2n) is 5.95. The summed E-state index contributed by atoms with van der Waals surface area (Å²) in [5, 5.41) is 4.34. The predicted molar refractivity (Wildman–Crippen MR) is 70.9 cm³/mol. The van der Waals surface area contributed by atoms with E-state index in [9.17, 15) is 0 Å². The van der Waals surface area contributed by atoms with Crippen LogP contribution < -0.4 is 10.1 Å². The largest absolute Gasteiger partial charge is 0.486 e. The van der Waals surface area contributed by atoms with Gasteiger partial charge in [0.15, 0.2) is 0 Å². The highest BCUT2D eigenvalue weighted by Gasteiger charge is 2.38. The molecule has 1 aliphatic carbocycles. The van der Waals surface area contributed by atoms with Crippen LogP contribution in [-0.2, 0) is 0 Å². The minimum absolute atomic E-state index is 0.316. The van der Waals surface area contributed by atoms with Crippen molar-refractivity contribution in [2.75, 3.05) is 5.32 Å². The smallest absolute Gasteiger partial charge is 0.143 e. The lowest BCUT2D eigenvalue weighted by Gasteiger charge is -2.44. The standard InChI is InChI=1S/C14H18ClNO/c1-14(2)6-5-13-11(8-14)16-10-7-9(15)3-4-12(10)17-13/h3-4,7,11,13,16H,5-6,8H2,1-2H3. The third-order valence-electron chi connectivity index (χ3n) is 3.89. The van der Waals surface area contributed by atoms with E-state index in [1.165, 1.54) is 6.42 Å². The van der Waals surface area contributed by atoms with Gasteiger partial charge >= 0.3 is 0 Å². The highest BCUT2D eigenvalue weighted by atomic mass is 35.5. The molecule has 0 saturated heterocycles. The van der Waals surface area contributed by atoms with E-state index in [1.807, 2.05) is 18.2 Å². The van der Waals surface area contributed by atoms with Crippen molar-refractivity contribution in [3.05, 3.63) is 23.2 Å². The molecule has 1 aromatic carbocycles. The van der Waals surface area contributed by atoms with E-state index in [0.717, 1.165) is 29.3 Å². The SMILES string of the molecule is CC1(C)CCC2Oc3ccc(Cl)cc3NC2C1. The molecule has 1 aromatic rings. The monoisotopic (exact) mass is 251 g/mol. The molecule has 1 aliphatic heterocycles. The van der Waals surface area contributed by atoms with Gasteiger partial charge in [0, 0.05) is 5.02 Å². The summed E-state index contributed by atoms with van der Waals surface area (Å²) in [6.45, 7) is 4.66. The summed E-state index contributed by atoms with van der Waals surface area (Å²) in [6.07, 6.45) is 3.84. The maximum atomic E-state index is 6.06. The number of hydrogen-bond acceptors (Lipinski definition) is 2. The van der Waals surface area contributed by atoms with E-state index < -0.39 is 0 Å². The summed E-state index contributed by atoms with van der Waals surface area (Å²) in [7, 11) is 0. The molecule has 2 atom stereocenters. The Balaban J connectivity index is 1.88. The first-order valence-corrected chi connectivity index (χ1v) is 6.64. The van der Waals surface area contributed by atoms with Crippen LogP contribution in [0.5, 0.6) is 5.75 Å². The second kappa shape index (κ2) is 3.81. The second-order valence-corrected chi connectivity index (χ2v) is 6.39. The summed E-state index contributed by atoms with van der Waals surface area (Å²) in [5.41, 5.74) is 1.45. The fourth-order valence-electron chi connectivity index (χ4n) is 2.93. The minimum atomic E-state index is 0.316. The molecular weight excluding hydrogens is 234 g/mol. The molecule has 0 radical (unpaired) electrons. The van der Waals surface area contributed by atoms with Crippen molar-refractivity contribution in [3.8, 4) is 5.75 Å². The Bertz CT molecular complexity index is 444. The lowest BCUT2D eigenvalue weighted by molar-refractivity contribution is 0.0777. The number of rotatable bonds is 0. The van der Waals surface area contributed by atoms with Crippen LogP contribution in [0.4, 0.5) is 5.69 Å². The first-order chi connectivity index (χ1) is 8.03. The molecule has 1 fully saturated rings. The topological polar surface area (TPSA) is 21.3 Å². The van der Waals surface area contributed by atoms with E-state index in [2.05, 4.69) is 19.2 Å². The zero-order chi connectivity index (χ0) is 12.0. The molecule has 1 N–H and O–H groups in total. The molecule has 3 rings (SSSR count). The Morgan fingerprint density at radius 1 is 1.41 bits per heavy atom. The molecule has 2 unspecified atom stereocenters. The lowest BCUT2D eigenvalue weighted by Crippen LogP contribution is -2.47. The number of halogens is 1. The average Bonchev–Trinajstić information content (AvgIpc) is 2.25. The molecular formula is C14H18ClNO.